The number of rotatable bonds is 2. The Morgan fingerprint density at radius 3 is 3.21 bits per heavy atom. The maximum atomic E-state index is 10.6. The number of hydrogen-bond donors (Lipinski definition) is 2. The first-order valence-corrected chi connectivity index (χ1v) is 5.13. The van der Waals surface area contributed by atoms with Crippen molar-refractivity contribution in [1.82, 2.24) is 4.98 Å². The highest BCUT2D eigenvalue weighted by Gasteiger charge is 2.25. The van der Waals surface area contributed by atoms with E-state index in [4.69, 9.17) is 16.7 Å². The topological polar surface area (TPSA) is 53.1 Å². The summed E-state index contributed by atoms with van der Waals surface area (Å²) in [5, 5.41) is 9.43. The molecule has 1 heterocycles. The summed E-state index contributed by atoms with van der Waals surface area (Å²) < 4.78 is 0. The minimum absolute atomic E-state index is 0.139. The molecule has 0 spiro atoms. The fraction of sp³-hybridized carbons (Fsp3) is 0.500. The lowest BCUT2D eigenvalue weighted by molar-refractivity contribution is -0.137. The zero-order valence-electron chi connectivity index (χ0n) is 7.72. The molecule has 0 bridgehead atoms. The predicted octanol–water partition coefficient (Wildman–Crippen LogP) is 2.56. The van der Waals surface area contributed by atoms with Gasteiger partial charge in [-0.2, -0.15) is 0 Å². The monoisotopic (exact) mass is 213 g/mol. The minimum Gasteiger partial charge on any atom is -0.481 e. The number of carboxylic acids is 1. The molecule has 1 atom stereocenters. The van der Waals surface area contributed by atoms with Crippen LogP contribution in [-0.2, 0) is 11.2 Å². The number of H-pyrrole nitrogens is 1. The third-order valence-electron chi connectivity index (χ3n) is 2.81. The fourth-order valence-electron chi connectivity index (χ4n) is 2.16. The van der Waals surface area contributed by atoms with Gasteiger partial charge in [0.25, 0.3) is 0 Å². The van der Waals surface area contributed by atoms with Crippen molar-refractivity contribution in [3.8, 4) is 0 Å². The van der Waals surface area contributed by atoms with Gasteiger partial charge >= 0.3 is 5.97 Å². The first kappa shape index (κ1) is 9.59. The van der Waals surface area contributed by atoms with Crippen molar-refractivity contribution >= 4 is 17.6 Å². The van der Waals surface area contributed by atoms with Crippen LogP contribution in [0, 0.1) is 0 Å². The molecule has 0 saturated carbocycles. The summed E-state index contributed by atoms with van der Waals surface area (Å²) in [6.07, 6.45) is 5.01. The molecule has 0 aliphatic heterocycles. The molecule has 0 fully saturated rings. The third kappa shape index (κ3) is 1.64. The van der Waals surface area contributed by atoms with E-state index in [1.54, 1.807) is 0 Å². The number of aromatic nitrogens is 1. The summed E-state index contributed by atoms with van der Waals surface area (Å²) in [5.41, 5.74) is 2.22. The molecule has 76 valence electrons. The molecule has 2 rings (SSSR count). The van der Waals surface area contributed by atoms with Gasteiger partial charge < -0.3 is 10.1 Å². The summed E-state index contributed by atoms with van der Waals surface area (Å²) in [7, 11) is 0. The number of aliphatic carboxylic acids is 1. The van der Waals surface area contributed by atoms with Gasteiger partial charge in [-0.1, -0.05) is 11.6 Å². The Hall–Kier alpha value is -0.960. The summed E-state index contributed by atoms with van der Waals surface area (Å²) in [6.45, 7) is 0. The first-order valence-electron chi connectivity index (χ1n) is 4.76. The van der Waals surface area contributed by atoms with Gasteiger partial charge in [0.1, 0.15) is 5.15 Å². The van der Waals surface area contributed by atoms with Crippen molar-refractivity contribution < 1.29 is 9.90 Å². The van der Waals surface area contributed by atoms with Crippen LogP contribution in [0.2, 0.25) is 5.15 Å². The molecule has 1 aliphatic carbocycles. The summed E-state index contributed by atoms with van der Waals surface area (Å²) in [6, 6.07) is 0. The molecule has 4 heteroatoms. The molecule has 1 aromatic heterocycles. The van der Waals surface area contributed by atoms with Crippen LogP contribution in [0.4, 0.5) is 0 Å². The van der Waals surface area contributed by atoms with E-state index in [0.29, 0.717) is 5.15 Å². The van der Waals surface area contributed by atoms with E-state index in [9.17, 15) is 4.79 Å². The molecule has 1 aromatic rings. The first-order chi connectivity index (χ1) is 6.68. The minimum atomic E-state index is -0.736. The maximum Gasteiger partial charge on any atom is 0.303 e. The predicted molar refractivity (Wildman–Crippen MR) is 53.7 cm³/mol. The van der Waals surface area contributed by atoms with Crippen molar-refractivity contribution in [3.63, 3.8) is 0 Å². The Bertz CT molecular complexity index is 359. The highest BCUT2D eigenvalue weighted by atomic mass is 35.5. The summed E-state index contributed by atoms with van der Waals surface area (Å²) in [4.78, 5) is 13.6. The van der Waals surface area contributed by atoms with Crippen LogP contribution in [0.15, 0.2) is 6.20 Å². The average Bonchev–Trinajstić information content (AvgIpc) is 2.49. The van der Waals surface area contributed by atoms with Crippen molar-refractivity contribution in [1.29, 1.82) is 0 Å². The number of aromatic amines is 1. The van der Waals surface area contributed by atoms with E-state index in [1.807, 2.05) is 6.20 Å². The third-order valence-corrected chi connectivity index (χ3v) is 3.15. The molecule has 1 aliphatic rings. The van der Waals surface area contributed by atoms with Gasteiger partial charge in [-0.3, -0.25) is 4.79 Å². The maximum absolute atomic E-state index is 10.6. The zero-order chi connectivity index (χ0) is 10.1. The van der Waals surface area contributed by atoms with Crippen LogP contribution in [0.1, 0.15) is 36.3 Å². The Morgan fingerprint density at radius 1 is 1.71 bits per heavy atom. The number of fused-ring (bicyclic) bond motifs is 1. The number of nitrogens with one attached hydrogen (secondary N) is 1. The average molecular weight is 214 g/mol. The fourth-order valence-corrected chi connectivity index (χ4v) is 2.42. The highest BCUT2D eigenvalue weighted by Crippen LogP contribution is 2.37. The van der Waals surface area contributed by atoms with E-state index in [-0.39, 0.29) is 12.3 Å². The molecule has 0 radical (unpaired) electrons. The van der Waals surface area contributed by atoms with E-state index in [0.717, 1.165) is 30.4 Å². The van der Waals surface area contributed by atoms with Gasteiger partial charge in [0.2, 0.25) is 0 Å². The van der Waals surface area contributed by atoms with Crippen LogP contribution in [0.3, 0.4) is 0 Å². The van der Waals surface area contributed by atoms with Crippen molar-refractivity contribution in [3.05, 3.63) is 22.5 Å². The van der Waals surface area contributed by atoms with Crippen molar-refractivity contribution in [2.24, 2.45) is 0 Å². The van der Waals surface area contributed by atoms with Gasteiger partial charge in [-0.25, -0.2) is 0 Å². The molecule has 14 heavy (non-hydrogen) atoms. The Balaban J connectivity index is 2.27. The molecule has 0 saturated heterocycles. The van der Waals surface area contributed by atoms with Crippen molar-refractivity contribution in [2.75, 3.05) is 0 Å². The van der Waals surface area contributed by atoms with Crippen LogP contribution in [-0.4, -0.2) is 16.1 Å². The number of halogens is 1. The number of hydrogen-bond acceptors (Lipinski definition) is 1. The van der Waals surface area contributed by atoms with Gasteiger partial charge in [0.05, 0.1) is 6.42 Å². The van der Waals surface area contributed by atoms with Gasteiger partial charge in [0, 0.05) is 6.20 Å². The second kappa shape index (κ2) is 3.65. The molecular weight excluding hydrogens is 202 g/mol. The van der Waals surface area contributed by atoms with Gasteiger partial charge in [-0.05, 0) is 36.3 Å². The summed E-state index contributed by atoms with van der Waals surface area (Å²) in [5.74, 6) is -0.597. The quantitative estimate of drug-likeness (QED) is 0.794. The lowest BCUT2D eigenvalue weighted by Gasteiger charge is -2.20. The van der Waals surface area contributed by atoms with E-state index < -0.39 is 5.97 Å². The molecular formula is C10H12ClNO2. The van der Waals surface area contributed by atoms with Crippen molar-refractivity contribution in [2.45, 2.75) is 31.6 Å². The number of carbonyl (C=O) groups is 1. The Kier molecular flexibility index (Phi) is 2.50. The lowest BCUT2D eigenvalue weighted by atomic mass is 9.83. The van der Waals surface area contributed by atoms with Crippen LogP contribution >= 0.6 is 11.6 Å². The van der Waals surface area contributed by atoms with Crippen LogP contribution < -0.4 is 0 Å². The SMILES string of the molecule is O=C(O)CC1CCCc2c1c[nH]c2Cl. The summed E-state index contributed by atoms with van der Waals surface area (Å²) >= 11 is 5.96. The van der Waals surface area contributed by atoms with E-state index in [2.05, 4.69) is 4.98 Å². The molecule has 3 nitrogen and oxygen atoms in total. The molecule has 2 N–H and O–H groups in total. The van der Waals surface area contributed by atoms with E-state index in [1.165, 1.54) is 0 Å². The molecule has 0 aromatic carbocycles. The normalized spacial score (nSPS) is 20.5. The zero-order valence-corrected chi connectivity index (χ0v) is 8.47. The van der Waals surface area contributed by atoms with Gasteiger partial charge in [0.15, 0.2) is 0 Å². The van der Waals surface area contributed by atoms with E-state index >= 15 is 0 Å². The molecule has 1 unspecified atom stereocenters. The molecule has 0 amide bonds. The van der Waals surface area contributed by atoms with Crippen LogP contribution in [0.5, 0.6) is 0 Å². The highest BCUT2D eigenvalue weighted by molar-refractivity contribution is 6.30. The Morgan fingerprint density at radius 2 is 2.50 bits per heavy atom. The van der Waals surface area contributed by atoms with Crippen LogP contribution in [0.25, 0.3) is 0 Å². The lowest BCUT2D eigenvalue weighted by Crippen LogP contribution is -2.11. The number of carboxylic acid groups (broad SMARTS) is 1. The second-order valence-corrected chi connectivity index (χ2v) is 4.10. The Labute approximate surface area is 87.1 Å². The largest absolute Gasteiger partial charge is 0.481 e. The second-order valence-electron chi connectivity index (χ2n) is 3.72. The standard InChI is InChI=1S/C10H12ClNO2/c11-10-7-3-1-2-6(4-9(13)14)8(7)5-12-10/h5-6,12H,1-4H2,(H,13,14). The smallest absolute Gasteiger partial charge is 0.303 e. The van der Waals surface area contributed by atoms with Gasteiger partial charge in [-0.15, -0.1) is 0 Å².